The van der Waals surface area contributed by atoms with Crippen molar-refractivity contribution in [2.24, 2.45) is 0 Å². The van der Waals surface area contributed by atoms with Crippen LogP contribution in [0.2, 0.25) is 0 Å². The Hall–Kier alpha value is -1.63. The summed E-state index contributed by atoms with van der Waals surface area (Å²) in [4.78, 5) is 36.4. The maximum Gasteiger partial charge on any atom is 0.410 e. The van der Waals surface area contributed by atoms with Gasteiger partial charge in [-0.05, 0) is 27.2 Å². The van der Waals surface area contributed by atoms with Crippen LogP contribution in [0.15, 0.2) is 0 Å². The molecule has 0 aromatic heterocycles. The van der Waals surface area contributed by atoms with Crippen molar-refractivity contribution in [3.8, 4) is 0 Å². The van der Waals surface area contributed by atoms with E-state index in [1.165, 1.54) is 0 Å². The van der Waals surface area contributed by atoms with Crippen LogP contribution in [-0.2, 0) is 14.3 Å². The van der Waals surface area contributed by atoms with Gasteiger partial charge >= 0.3 is 12.1 Å². The van der Waals surface area contributed by atoms with Gasteiger partial charge in [0.15, 0.2) is 0 Å². The predicted octanol–water partition coefficient (Wildman–Crippen LogP) is 0.581. The maximum atomic E-state index is 11.9. The minimum Gasteiger partial charge on any atom is -0.480 e. The molecule has 114 valence electrons. The van der Waals surface area contributed by atoms with E-state index in [0.29, 0.717) is 25.8 Å². The predicted molar refractivity (Wildman–Crippen MR) is 71.5 cm³/mol. The van der Waals surface area contributed by atoms with E-state index in [0.717, 1.165) is 0 Å². The fourth-order valence-corrected chi connectivity index (χ4v) is 2.14. The molecule has 0 radical (unpaired) electrons. The molecule has 7 heteroatoms. The van der Waals surface area contributed by atoms with Gasteiger partial charge in [-0.3, -0.25) is 9.69 Å². The number of hydrogen-bond donors (Lipinski definition) is 1. The van der Waals surface area contributed by atoms with Crippen molar-refractivity contribution in [1.29, 1.82) is 0 Å². The zero-order valence-electron chi connectivity index (χ0n) is 12.2. The summed E-state index contributed by atoms with van der Waals surface area (Å²) in [6.45, 7) is 6.13. The van der Waals surface area contributed by atoms with E-state index in [1.807, 2.05) is 0 Å². The summed E-state index contributed by atoms with van der Waals surface area (Å²) in [7, 11) is 0. The number of nitrogens with zero attached hydrogens (tertiary/aromatic N) is 2. The number of likely N-dealkylation sites (tertiary alicyclic amines) is 1. The monoisotopic (exact) mass is 286 g/mol. The van der Waals surface area contributed by atoms with Crippen LogP contribution in [0.3, 0.4) is 0 Å². The Kier molecular flexibility index (Phi) is 5.50. The van der Waals surface area contributed by atoms with Crippen molar-refractivity contribution in [3.05, 3.63) is 0 Å². The van der Waals surface area contributed by atoms with Crippen molar-refractivity contribution in [2.75, 3.05) is 26.2 Å². The van der Waals surface area contributed by atoms with E-state index in [1.54, 1.807) is 30.6 Å². The lowest BCUT2D eigenvalue weighted by atomic mass is 10.2. The summed E-state index contributed by atoms with van der Waals surface area (Å²) in [5, 5.41) is 8.84. The Morgan fingerprint density at radius 3 is 2.60 bits per heavy atom. The Morgan fingerprint density at radius 2 is 2.10 bits per heavy atom. The average Bonchev–Trinajstić information content (AvgIpc) is 2.74. The van der Waals surface area contributed by atoms with Gasteiger partial charge in [0.2, 0.25) is 0 Å². The van der Waals surface area contributed by atoms with Gasteiger partial charge in [-0.25, -0.2) is 4.79 Å². The van der Waals surface area contributed by atoms with Crippen LogP contribution >= 0.6 is 0 Å². The molecule has 1 aliphatic heterocycles. The fourth-order valence-electron chi connectivity index (χ4n) is 2.14. The van der Waals surface area contributed by atoms with Gasteiger partial charge in [-0.1, -0.05) is 0 Å². The van der Waals surface area contributed by atoms with E-state index < -0.39 is 17.7 Å². The molecular formula is C13H22N2O5. The van der Waals surface area contributed by atoms with Crippen LogP contribution in [0.1, 0.15) is 27.2 Å². The van der Waals surface area contributed by atoms with E-state index in [2.05, 4.69) is 0 Å². The number of ether oxygens (including phenoxy) is 1. The molecule has 1 aliphatic rings. The molecule has 0 aromatic carbocycles. The first-order valence-corrected chi connectivity index (χ1v) is 6.60. The van der Waals surface area contributed by atoms with Crippen LogP contribution in [0.25, 0.3) is 0 Å². The molecule has 1 atom stereocenters. The lowest BCUT2D eigenvalue weighted by molar-refractivity contribution is -0.138. The van der Waals surface area contributed by atoms with Crippen LogP contribution in [-0.4, -0.2) is 71.1 Å². The summed E-state index contributed by atoms with van der Waals surface area (Å²) < 4.78 is 5.27. The SMILES string of the molecule is CC(C)(C)OC(=O)N1CCC(N(CC=O)CC(=O)O)C1. The van der Waals surface area contributed by atoms with Gasteiger partial charge in [0, 0.05) is 19.1 Å². The zero-order valence-corrected chi connectivity index (χ0v) is 12.2. The molecule has 0 saturated carbocycles. The average molecular weight is 286 g/mol. The van der Waals surface area contributed by atoms with Crippen molar-refractivity contribution in [1.82, 2.24) is 9.80 Å². The number of rotatable bonds is 5. The largest absolute Gasteiger partial charge is 0.480 e. The molecule has 0 spiro atoms. The third kappa shape index (κ3) is 5.16. The minimum absolute atomic E-state index is 0.0547. The second-order valence-corrected chi connectivity index (χ2v) is 5.86. The topological polar surface area (TPSA) is 87.2 Å². The number of aldehydes is 1. The van der Waals surface area contributed by atoms with Crippen LogP contribution < -0.4 is 0 Å². The summed E-state index contributed by atoms with van der Waals surface area (Å²) in [5.41, 5.74) is -0.557. The molecule has 1 rings (SSSR count). The molecule has 0 aromatic rings. The lowest BCUT2D eigenvalue weighted by Crippen LogP contribution is -2.43. The third-order valence-electron chi connectivity index (χ3n) is 2.98. The fraction of sp³-hybridized carbons (Fsp3) is 0.769. The molecular weight excluding hydrogens is 264 g/mol. The number of amides is 1. The smallest absolute Gasteiger partial charge is 0.410 e. The number of carboxylic acids is 1. The molecule has 1 N–H and O–H groups in total. The number of hydrogen-bond acceptors (Lipinski definition) is 5. The number of carboxylic acid groups (broad SMARTS) is 1. The van der Waals surface area contributed by atoms with Crippen LogP contribution in [0, 0.1) is 0 Å². The molecule has 1 saturated heterocycles. The Balaban J connectivity index is 2.58. The van der Waals surface area contributed by atoms with Crippen molar-refractivity contribution >= 4 is 18.3 Å². The first-order chi connectivity index (χ1) is 9.23. The third-order valence-corrected chi connectivity index (χ3v) is 2.98. The van der Waals surface area contributed by atoms with Crippen LogP contribution in [0.4, 0.5) is 4.79 Å². The lowest BCUT2D eigenvalue weighted by Gasteiger charge is -2.27. The molecule has 1 fully saturated rings. The summed E-state index contributed by atoms with van der Waals surface area (Å²) in [6, 6.07) is -0.121. The van der Waals surface area contributed by atoms with E-state index in [-0.39, 0.29) is 19.1 Å². The number of aliphatic carboxylic acids is 1. The number of carbonyl (C=O) groups excluding carboxylic acids is 2. The summed E-state index contributed by atoms with van der Waals surface area (Å²) >= 11 is 0. The molecule has 0 bridgehead atoms. The first-order valence-electron chi connectivity index (χ1n) is 6.60. The van der Waals surface area contributed by atoms with Gasteiger partial charge in [0.1, 0.15) is 11.9 Å². The van der Waals surface area contributed by atoms with Gasteiger partial charge in [-0.15, -0.1) is 0 Å². The highest BCUT2D eigenvalue weighted by molar-refractivity contribution is 5.70. The standard InChI is InChI=1S/C13H22N2O5/c1-13(2,3)20-12(19)15-5-4-10(8-15)14(6-7-16)9-11(17)18/h7,10H,4-6,8-9H2,1-3H3,(H,17,18). The number of carbonyl (C=O) groups is 3. The molecule has 1 unspecified atom stereocenters. The Labute approximate surface area is 118 Å². The molecule has 1 heterocycles. The van der Waals surface area contributed by atoms with E-state index in [4.69, 9.17) is 9.84 Å². The Morgan fingerprint density at radius 1 is 1.45 bits per heavy atom. The van der Waals surface area contributed by atoms with Crippen molar-refractivity contribution in [2.45, 2.75) is 38.8 Å². The quantitative estimate of drug-likeness (QED) is 0.744. The minimum atomic E-state index is -0.984. The van der Waals surface area contributed by atoms with E-state index in [9.17, 15) is 14.4 Å². The maximum absolute atomic E-state index is 11.9. The first kappa shape index (κ1) is 16.4. The molecule has 20 heavy (non-hydrogen) atoms. The van der Waals surface area contributed by atoms with Crippen molar-refractivity contribution in [3.63, 3.8) is 0 Å². The van der Waals surface area contributed by atoms with Gasteiger partial charge in [0.05, 0.1) is 13.1 Å². The summed E-state index contributed by atoms with van der Waals surface area (Å²) in [6.07, 6.45) is 0.917. The molecule has 0 aliphatic carbocycles. The van der Waals surface area contributed by atoms with E-state index >= 15 is 0 Å². The highest BCUT2D eigenvalue weighted by Gasteiger charge is 2.33. The van der Waals surface area contributed by atoms with Crippen LogP contribution in [0.5, 0.6) is 0 Å². The second-order valence-electron chi connectivity index (χ2n) is 5.86. The normalized spacial score (nSPS) is 19.2. The van der Waals surface area contributed by atoms with Crippen molar-refractivity contribution < 1.29 is 24.2 Å². The molecule has 7 nitrogen and oxygen atoms in total. The second kappa shape index (κ2) is 6.69. The van der Waals surface area contributed by atoms with Gasteiger partial charge < -0.3 is 19.5 Å². The zero-order chi connectivity index (χ0) is 15.3. The molecule has 1 amide bonds. The van der Waals surface area contributed by atoms with Gasteiger partial charge in [0.25, 0.3) is 0 Å². The highest BCUT2D eigenvalue weighted by Crippen LogP contribution is 2.18. The summed E-state index contributed by atoms with van der Waals surface area (Å²) in [5.74, 6) is -0.984. The van der Waals surface area contributed by atoms with Gasteiger partial charge in [-0.2, -0.15) is 0 Å². The Bertz CT molecular complexity index is 377. The highest BCUT2D eigenvalue weighted by atomic mass is 16.6.